The molecule has 1 saturated carbocycles. The van der Waals surface area contributed by atoms with Crippen molar-refractivity contribution in [2.75, 3.05) is 13.2 Å². The van der Waals surface area contributed by atoms with Gasteiger partial charge in [-0.2, -0.15) is 0 Å². The van der Waals surface area contributed by atoms with E-state index in [9.17, 15) is 5.11 Å². The maximum absolute atomic E-state index is 10.5. The number of hydrogen-bond donors (Lipinski definition) is 1. The van der Waals surface area contributed by atoms with Crippen molar-refractivity contribution in [1.29, 1.82) is 0 Å². The lowest BCUT2D eigenvalue weighted by Crippen LogP contribution is -2.41. The molecule has 15 heavy (non-hydrogen) atoms. The van der Waals surface area contributed by atoms with Crippen molar-refractivity contribution < 1.29 is 9.84 Å². The Hall–Kier alpha value is -0.0800. The van der Waals surface area contributed by atoms with Gasteiger partial charge in [0.15, 0.2) is 0 Å². The Bertz CT molecular complexity index is 191. The molecule has 2 fully saturated rings. The van der Waals surface area contributed by atoms with E-state index in [-0.39, 0.29) is 11.5 Å². The number of aliphatic hydroxyl groups is 1. The Labute approximate surface area is 93.0 Å². The van der Waals surface area contributed by atoms with E-state index in [2.05, 4.69) is 6.92 Å². The quantitative estimate of drug-likeness (QED) is 0.779. The molecule has 1 N–H and O–H groups in total. The first kappa shape index (κ1) is 11.4. The zero-order valence-electron chi connectivity index (χ0n) is 9.87. The molecule has 2 aliphatic rings. The molecule has 0 aromatic heterocycles. The summed E-state index contributed by atoms with van der Waals surface area (Å²) in [6.45, 7) is 3.91. The zero-order valence-corrected chi connectivity index (χ0v) is 9.87. The van der Waals surface area contributed by atoms with Crippen LogP contribution in [0.4, 0.5) is 0 Å². The molecule has 0 spiro atoms. The standard InChI is InChI=1S/C13H24O2/c1-2-13(7-3-4-8-13)12(14)11-6-5-9-15-10-11/h11-12,14H,2-10H2,1H3. The highest BCUT2D eigenvalue weighted by molar-refractivity contribution is 4.93. The van der Waals surface area contributed by atoms with Gasteiger partial charge in [-0.3, -0.25) is 0 Å². The fourth-order valence-corrected chi connectivity index (χ4v) is 3.45. The van der Waals surface area contributed by atoms with Crippen LogP contribution in [-0.4, -0.2) is 24.4 Å². The van der Waals surface area contributed by atoms with Crippen LogP contribution in [0.3, 0.4) is 0 Å². The third-order valence-corrected chi connectivity index (χ3v) is 4.57. The summed E-state index contributed by atoms with van der Waals surface area (Å²) >= 11 is 0. The normalized spacial score (nSPS) is 32.8. The fourth-order valence-electron chi connectivity index (χ4n) is 3.45. The van der Waals surface area contributed by atoms with Gasteiger partial charge in [-0.1, -0.05) is 19.8 Å². The van der Waals surface area contributed by atoms with Gasteiger partial charge in [0.25, 0.3) is 0 Å². The molecule has 1 heterocycles. The van der Waals surface area contributed by atoms with Crippen molar-refractivity contribution in [1.82, 2.24) is 0 Å². The predicted octanol–water partition coefficient (Wildman–Crippen LogP) is 2.74. The van der Waals surface area contributed by atoms with Crippen LogP contribution in [0.1, 0.15) is 51.9 Å². The molecule has 1 aliphatic carbocycles. The summed E-state index contributed by atoms with van der Waals surface area (Å²) < 4.78 is 5.49. The van der Waals surface area contributed by atoms with Gasteiger partial charge < -0.3 is 9.84 Å². The lowest BCUT2D eigenvalue weighted by atomic mass is 9.72. The monoisotopic (exact) mass is 212 g/mol. The van der Waals surface area contributed by atoms with E-state index in [1.54, 1.807) is 0 Å². The highest BCUT2D eigenvalue weighted by Crippen LogP contribution is 2.46. The van der Waals surface area contributed by atoms with Crippen molar-refractivity contribution in [3.63, 3.8) is 0 Å². The molecule has 0 aromatic rings. The fraction of sp³-hybridized carbons (Fsp3) is 1.00. The topological polar surface area (TPSA) is 29.5 Å². The van der Waals surface area contributed by atoms with E-state index in [0.717, 1.165) is 32.5 Å². The van der Waals surface area contributed by atoms with Gasteiger partial charge in [0.05, 0.1) is 12.7 Å². The van der Waals surface area contributed by atoms with Crippen LogP contribution in [0.15, 0.2) is 0 Å². The molecule has 1 saturated heterocycles. The van der Waals surface area contributed by atoms with Crippen molar-refractivity contribution in [3.8, 4) is 0 Å². The Kier molecular flexibility index (Phi) is 3.68. The summed E-state index contributed by atoms with van der Waals surface area (Å²) in [5, 5.41) is 10.5. The summed E-state index contributed by atoms with van der Waals surface area (Å²) in [4.78, 5) is 0. The van der Waals surface area contributed by atoms with E-state index in [1.807, 2.05) is 0 Å². The van der Waals surface area contributed by atoms with E-state index in [1.165, 1.54) is 25.7 Å². The molecular formula is C13H24O2. The van der Waals surface area contributed by atoms with Gasteiger partial charge >= 0.3 is 0 Å². The van der Waals surface area contributed by atoms with Crippen molar-refractivity contribution in [3.05, 3.63) is 0 Å². The first-order chi connectivity index (χ1) is 7.28. The molecule has 2 nitrogen and oxygen atoms in total. The minimum absolute atomic E-state index is 0.120. The average Bonchev–Trinajstić information content (AvgIpc) is 2.79. The third kappa shape index (κ3) is 2.21. The van der Waals surface area contributed by atoms with E-state index >= 15 is 0 Å². The molecule has 2 rings (SSSR count). The molecular weight excluding hydrogens is 188 g/mol. The average molecular weight is 212 g/mol. The van der Waals surface area contributed by atoms with E-state index in [4.69, 9.17) is 4.74 Å². The third-order valence-electron chi connectivity index (χ3n) is 4.57. The van der Waals surface area contributed by atoms with Crippen molar-refractivity contribution >= 4 is 0 Å². The van der Waals surface area contributed by atoms with Crippen LogP contribution in [0.25, 0.3) is 0 Å². The number of hydrogen-bond acceptors (Lipinski definition) is 2. The van der Waals surface area contributed by atoms with Crippen LogP contribution >= 0.6 is 0 Å². The Balaban J connectivity index is 2.00. The van der Waals surface area contributed by atoms with Crippen molar-refractivity contribution in [2.45, 2.75) is 58.0 Å². The van der Waals surface area contributed by atoms with Crippen LogP contribution in [-0.2, 0) is 4.74 Å². The highest BCUT2D eigenvalue weighted by Gasteiger charge is 2.42. The summed E-state index contributed by atoms with van der Waals surface area (Å²) in [5.74, 6) is 0.400. The smallest absolute Gasteiger partial charge is 0.0646 e. The lowest BCUT2D eigenvalue weighted by molar-refractivity contribution is -0.0707. The van der Waals surface area contributed by atoms with E-state index in [0.29, 0.717) is 5.92 Å². The van der Waals surface area contributed by atoms with Gasteiger partial charge in [0.2, 0.25) is 0 Å². The Morgan fingerprint density at radius 2 is 2.07 bits per heavy atom. The second-order valence-corrected chi connectivity index (χ2v) is 5.35. The molecule has 0 radical (unpaired) electrons. The zero-order chi connectivity index (χ0) is 10.7. The lowest BCUT2D eigenvalue weighted by Gasteiger charge is -2.39. The first-order valence-electron chi connectivity index (χ1n) is 6.54. The van der Waals surface area contributed by atoms with Crippen LogP contribution in [0.2, 0.25) is 0 Å². The minimum Gasteiger partial charge on any atom is -0.392 e. The molecule has 1 aliphatic heterocycles. The Morgan fingerprint density at radius 3 is 2.60 bits per heavy atom. The Morgan fingerprint density at radius 1 is 1.33 bits per heavy atom. The van der Waals surface area contributed by atoms with Crippen molar-refractivity contribution in [2.24, 2.45) is 11.3 Å². The van der Waals surface area contributed by atoms with Gasteiger partial charge in [-0.15, -0.1) is 0 Å². The summed E-state index contributed by atoms with van der Waals surface area (Å²) in [6.07, 6.45) is 8.35. The molecule has 0 aromatic carbocycles. The van der Waals surface area contributed by atoms with Gasteiger partial charge in [-0.05, 0) is 37.5 Å². The second-order valence-electron chi connectivity index (χ2n) is 5.35. The predicted molar refractivity (Wildman–Crippen MR) is 60.7 cm³/mol. The van der Waals surface area contributed by atoms with Crippen LogP contribution in [0.5, 0.6) is 0 Å². The molecule has 2 unspecified atom stereocenters. The minimum atomic E-state index is -0.120. The summed E-state index contributed by atoms with van der Waals surface area (Å²) in [7, 11) is 0. The van der Waals surface area contributed by atoms with Crippen LogP contribution < -0.4 is 0 Å². The van der Waals surface area contributed by atoms with Crippen LogP contribution in [0, 0.1) is 11.3 Å². The molecule has 0 amide bonds. The van der Waals surface area contributed by atoms with Gasteiger partial charge in [-0.25, -0.2) is 0 Å². The largest absolute Gasteiger partial charge is 0.392 e. The maximum Gasteiger partial charge on any atom is 0.0646 e. The highest BCUT2D eigenvalue weighted by atomic mass is 16.5. The molecule has 2 heteroatoms. The number of ether oxygens (including phenoxy) is 1. The molecule has 88 valence electrons. The summed E-state index contributed by atoms with van der Waals surface area (Å²) in [6, 6.07) is 0. The SMILES string of the molecule is CCC1(C(O)C2CCCOC2)CCCC1. The molecule has 0 bridgehead atoms. The first-order valence-corrected chi connectivity index (χ1v) is 6.54. The van der Waals surface area contributed by atoms with Gasteiger partial charge in [0, 0.05) is 12.5 Å². The summed E-state index contributed by atoms with van der Waals surface area (Å²) in [5.41, 5.74) is 0.228. The number of rotatable bonds is 3. The second kappa shape index (κ2) is 4.84. The number of aliphatic hydroxyl groups excluding tert-OH is 1. The van der Waals surface area contributed by atoms with Gasteiger partial charge in [0.1, 0.15) is 0 Å². The van der Waals surface area contributed by atoms with E-state index < -0.39 is 0 Å². The molecule has 2 atom stereocenters. The maximum atomic E-state index is 10.5.